The third-order valence-corrected chi connectivity index (χ3v) is 7.23. The zero-order chi connectivity index (χ0) is 32.0. The first-order valence-corrected chi connectivity index (χ1v) is 14.0. The van der Waals surface area contributed by atoms with Crippen molar-refractivity contribution >= 4 is 23.8 Å². The maximum Gasteiger partial charge on any atom is 0.251 e. The lowest BCUT2D eigenvalue weighted by Crippen LogP contribution is -2.39. The quantitative estimate of drug-likeness (QED) is 0.154. The highest BCUT2D eigenvalue weighted by atomic mass is 19.2. The molecule has 0 aliphatic heterocycles. The summed E-state index contributed by atoms with van der Waals surface area (Å²) in [7, 11) is 0. The van der Waals surface area contributed by atoms with Gasteiger partial charge in [0, 0.05) is 29.3 Å². The van der Waals surface area contributed by atoms with E-state index in [0.29, 0.717) is 42.2 Å². The van der Waals surface area contributed by atoms with E-state index in [-0.39, 0.29) is 35.1 Å². The van der Waals surface area contributed by atoms with E-state index < -0.39 is 52.6 Å². The minimum absolute atomic E-state index is 0.00165. The topological polar surface area (TPSA) is 58.6 Å². The lowest BCUT2D eigenvalue weighted by Gasteiger charge is -2.27. The summed E-state index contributed by atoms with van der Waals surface area (Å²) in [6.45, 7) is 7.12. The van der Waals surface area contributed by atoms with Gasteiger partial charge in [-0.25, -0.2) is 26.3 Å². The van der Waals surface area contributed by atoms with Gasteiger partial charge in [-0.15, -0.1) is 0 Å². The molecule has 0 spiro atoms. The predicted molar refractivity (Wildman–Crippen MR) is 154 cm³/mol. The number of hydrogen-bond acceptors (Lipinski definition) is 4. The Hall–Kier alpha value is -4.38. The van der Waals surface area contributed by atoms with Gasteiger partial charge in [0.1, 0.15) is 12.4 Å². The summed E-state index contributed by atoms with van der Waals surface area (Å²) in [5.41, 5.74) is -0.00565. The number of ether oxygens (including phenoxy) is 1. The van der Waals surface area contributed by atoms with Crippen LogP contribution in [0.1, 0.15) is 48.2 Å². The summed E-state index contributed by atoms with van der Waals surface area (Å²) in [5.74, 6) is -9.73. The minimum atomic E-state index is -1.67. The smallest absolute Gasteiger partial charge is 0.251 e. The Morgan fingerprint density at radius 1 is 0.818 bits per heavy atom. The van der Waals surface area contributed by atoms with Crippen LogP contribution in [0, 0.1) is 34.9 Å². The molecular weight excluding hydrogens is 586 g/mol. The molecule has 0 unspecified atom stereocenters. The first kappa shape index (κ1) is 32.5. The van der Waals surface area contributed by atoms with Crippen molar-refractivity contribution < 1.29 is 40.7 Å². The molecule has 3 aromatic rings. The fourth-order valence-corrected chi connectivity index (χ4v) is 4.87. The second kappa shape index (κ2) is 14.4. The highest BCUT2D eigenvalue weighted by Crippen LogP contribution is 2.30. The number of hydrogen-bond donors (Lipinski definition) is 1. The van der Waals surface area contributed by atoms with Crippen molar-refractivity contribution in [3.8, 4) is 5.75 Å². The first-order valence-electron chi connectivity index (χ1n) is 14.0. The Labute approximate surface area is 250 Å². The number of nitrogens with one attached hydrogen (secondary N) is 1. The van der Waals surface area contributed by atoms with Crippen LogP contribution >= 0.6 is 0 Å². The second-order valence-corrected chi connectivity index (χ2v) is 10.2. The van der Waals surface area contributed by atoms with Crippen LogP contribution < -0.4 is 10.1 Å². The van der Waals surface area contributed by atoms with Crippen molar-refractivity contribution in [3.05, 3.63) is 111 Å². The summed E-state index contributed by atoms with van der Waals surface area (Å²) in [5, 5.41) is 2.81. The number of likely N-dealkylation sites (N-methyl/N-ethyl adjacent to an activating group) is 1. The molecular formula is C33H30F6N2O3. The van der Waals surface area contributed by atoms with Gasteiger partial charge in [0.2, 0.25) is 0 Å². The van der Waals surface area contributed by atoms with Gasteiger partial charge in [-0.3, -0.25) is 9.59 Å². The molecule has 4 rings (SSSR count). The molecule has 232 valence electrons. The standard InChI is InChI=1S/C33H30F6N2O3/c1-3-41(4-2)9-10-44-25-7-5-21(6-8-25)33(43)40-24-17-22(11-19-13-26(34)30(38)27(35)14-19)32(42)23(18-24)12-20-15-28(36)31(39)29(37)16-20/h5-8,11-16,24H,3-4,9-10,17-18H2,1-2H3,(H,40,43)/b22-11+,23-12+. The van der Waals surface area contributed by atoms with Crippen LogP contribution in [0.25, 0.3) is 12.2 Å². The molecule has 0 radical (unpaired) electrons. The molecule has 0 aromatic heterocycles. The summed E-state index contributed by atoms with van der Waals surface area (Å²) in [6, 6.07) is 8.53. The minimum Gasteiger partial charge on any atom is -0.492 e. The molecule has 1 saturated carbocycles. The van der Waals surface area contributed by atoms with Gasteiger partial charge >= 0.3 is 0 Å². The van der Waals surface area contributed by atoms with E-state index in [1.54, 1.807) is 24.3 Å². The maximum absolute atomic E-state index is 13.9. The molecule has 5 nitrogen and oxygen atoms in total. The number of nitrogens with zero attached hydrogens (tertiary/aromatic N) is 1. The van der Waals surface area contributed by atoms with Gasteiger partial charge in [-0.2, -0.15) is 0 Å². The van der Waals surface area contributed by atoms with Crippen molar-refractivity contribution in [3.63, 3.8) is 0 Å². The summed E-state index contributed by atoms with van der Waals surface area (Å²) in [6.07, 6.45) is 2.16. The average molecular weight is 617 g/mol. The number of ketones is 1. The predicted octanol–water partition coefficient (Wildman–Crippen LogP) is 6.87. The number of carbonyl (C=O) groups excluding carboxylic acids is 2. The molecule has 1 N–H and O–H groups in total. The van der Waals surface area contributed by atoms with E-state index in [1.807, 2.05) is 0 Å². The van der Waals surface area contributed by atoms with Gasteiger partial charge in [0.15, 0.2) is 40.7 Å². The van der Waals surface area contributed by atoms with Gasteiger partial charge in [-0.05, 0) is 97.7 Å². The fraction of sp³-hybridized carbons (Fsp3) is 0.273. The molecule has 1 fully saturated rings. The number of rotatable bonds is 10. The Bertz CT molecular complexity index is 1470. The second-order valence-electron chi connectivity index (χ2n) is 10.2. The van der Waals surface area contributed by atoms with Crippen LogP contribution in [-0.2, 0) is 4.79 Å². The van der Waals surface area contributed by atoms with Gasteiger partial charge in [-0.1, -0.05) is 13.8 Å². The number of amides is 1. The van der Waals surface area contributed by atoms with Crippen LogP contribution in [0.5, 0.6) is 5.75 Å². The molecule has 1 aliphatic carbocycles. The highest BCUT2D eigenvalue weighted by Gasteiger charge is 2.29. The molecule has 11 heteroatoms. The van der Waals surface area contributed by atoms with Crippen LogP contribution in [0.4, 0.5) is 26.3 Å². The van der Waals surface area contributed by atoms with Crippen LogP contribution in [0.2, 0.25) is 0 Å². The largest absolute Gasteiger partial charge is 0.492 e. The summed E-state index contributed by atoms with van der Waals surface area (Å²) < 4.78 is 88.1. The Morgan fingerprint density at radius 3 is 1.70 bits per heavy atom. The SMILES string of the molecule is CCN(CC)CCOc1ccc(C(=O)NC2C/C(=C\c3cc(F)c(F)c(F)c3)C(=O)/C(=C/c3cc(F)c(F)c(F)c3)C2)cc1. The monoisotopic (exact) mass is 616 g/mol. The zero-order valence-electron chi connectivity index (χ0n) is 24.0. The van der Waals surface area contributed by atoms with Crippen molar-refractivity contribution in [1.82, 2.24) is 10.2 Å². The summed E-state index contributed by atoms with van der Waals surface area (Å²) >= 11 is 0. The number of halogens is 6. The van der Waals surface area contributed by atoms with E-state index in [4.69, 9.17) is 4.74 Å². The molecule has 3 aromatic carbocycles. The van der Waals surface area contributed by atoms with Crippen LogP contribution in [0.15, 0.2) is 59.7 Å². The van der Waals surface area contributed by atoms with Crippen molar-refractivity contribution in [2.24, 2.45) is 0 Å². The normalized spacial score (nSPS) is 17.0. The average Bonchev–Trinajstić information content (AvgIpc) is 2.99. The first-order chi connectivity index (χ1) is 21.0. The third-order valence-electron chi connectivity index (χ3n) is 7.23. The molecule has 0 atom stereocenters. The molecule has 1 amide bonds. The fourth-order valence-electron chi connectivity index (χ4n) is 4.87. The third kappa shape index (κ3) is 7.96. The van der Waals surface area contributed by atoms with E-state index in [0.717, 1.165) is 31.8 Å². The molecule has 44 heavy (non-hydrogen) atoms. The van der Waals surface area contributed by atoms with Gasteiger partial charge < -0.3 is 15.0 Å². The van der Waals surface area contributed by atoms with Crippen molar-refractivity contribution in [2.45, 2.75) is 32.7 Å². The van der Waals surface area contributed by atoms with E-state index in [2.05, 4.69) is 24.1 Å². The zero-order valence-corrected chi connectivity index (χ0v) is 24.0. The lowest BCUT2D eigenvalue weighted by molar-refractivity contribution is -0.113. The van der Waals surface area contributed by atoms with Crippen LogP contribution in [0.3, 0.4) is 0 Å². The number of carbonyl (C=O) groups is 2. The van der Waals surface area contributed by atoms with Gasteiger partial charge in [0.05, 0.1) is 0 Å². The maximum atomic E-state index is 13.9. The van der Waals surface area contributed by atoms with E-state index >= 15 is 0 Å². The highest BCUT2D eigenvalue weighted by molar-refractivity contribution is 6.14. The van der Waals surface area contributed by atoms with Crippen molar-refractivity contribution in [2.75, 3.05) is 26.2 Å². The van der Waals surface area contributed by atoms with Crippen molar-refractivity contribution in [1.29, 1.82) is 0 Å². The number of benzene rings is 3. The Morgan fingerprint density at radius 2 is 1.27 bits per heavy atom. The molecule has 0 saturated heterocycles. The Balaban J connectivity index is 1.57. The number of Topliss-reactive ketones (excluding diaryl/α,β-unsaturated/α-hetero) is 1. The lowest BCUT2D eigenvalue weighted by atomic mass is 9.83. The van der Waals surface area contributed by atoms with E-state index in [9.17, 15) is 35.9 Å². The molecule has 1 aliphatic rings. The Kier molecular flexibility index (Phi) is 10.6. The summed E-state index contributed by atoms with van der Waals surface area (Å²) in [4.78, 5) is 28.6. The molecule has 0 bridgehead atoms. The molecule has 0 heterocycles. The van der Waals surface area contributed by atoms with E-state index in [1.165, 1.54) is 0 Å². The van der Waals surface area contributed by atoms with Gasteiger partial charge in [0.25, 0.3) is 5.91 Å². The van der Waals surface area contributed by atoms with Crippen LogP contribution in [-0.4, -0.2) is 48.9 Å².